The van der Waals surface area contributed by atoms with Crippen LogP contribution >= 0.6 is 0 Å². The molecular weight excluding hydrogens is 434 g/mol. The molecular formula is C29H45N5O. The third kappa shape index (κ3) is 6.25. The number of rotatable bonds is 7. The van der Waals surface area contributed by atoms with Crippen molar-refractivity contribution in [3.8, 4) is 0 Å². The van der Waals surface area contributed by atoms with Gasteiger partial charge in [0.25, 0.3) is 0 Å². The lowest BCUT2D eigenvalue weighted by molar-refractivity contribution is 0.0920. The van der Waals surface area contributed by atoms with Gasteiger partial charge in [-0.25, -0.2) is 9.67 Å². The number of likely N-dealkylation sites (tertiary alicyclic amines) is 1. The van der Waals surface area contributed by atoms with Crippen molar-refractivity contribution in [2.45, 2.75) is 89.9 Å². The van der Waals surface area contributed by atoms with Gasteiger partial charge in [0.15, 0.2) is 11.4 Å². The number of fused-ring (bicyclic) bond motifs is 1. The summed E-state index contributed by atoms with van der Waals surface area (Å²) in [6.45, 7) is 5.69. The van der Waals surface area contributed by atoms with Crippen molar-refractivity contribution in [2.24, 2.45) is 18.9 Å². The number of aryl methyl sites for hydroxylation is 1. The van der Waals surface area contributed by atoms with Crippen LogP contribution in [0.3, 0.4) is 0 Å². The average Bonchev–Trinajstić information content (AvgIpc) is 3.20. The van der Waals surface area contributed by atoms with E-state index in [4.69, 9.17) is 4.98 Å². The second-order valence-corrected chi connectivity index (χ2v) is 11.5. The number of carbonyl (C=O) groups is 1. The Morgan fingerprint density at radius 2 is 1.54 bits per heavy atom. The number of piperidine rings is 1. The Kier molecular flexibility index (Phi) is 8.38. The van der Waals surface area contributed by atoms with Crippen LogP contribution in [0.5, 0.6) is 0 Å². The zero-order valence-corrected chi connectivity index (χ0v) is 21.9. The molecule has 3 aliphatic rings. The molecule has 0 spiro atoms. The maximum atomic E-state index is 13.3. The van der Waals surface area contributed by atoms with E-state index in [9.17, 15) is 4.79 Å². The van der Waals surface area contributed by atoms with E-state index in [0.29, 0.717) is 18.0 Å². The van der Waals surface area contributed by atoms with Gasteiger partial charge in [-0.1, -0.05) is 51.4 Å². The third-order valence-corrected chi connectivity index (χ3v) is 8.88. The predicted molar refractivity (Wildman–Crippen MR) is 143 cm³/mol. The Hall–Kier alpha value is -1.95. The first kappa shape index (κ1) is 24.7. The molecule has 35 heavy (non-hydrogen) atoms. The zero-order chi connectivity index (χ0) is 24.0. The molecule has 2 aliphatic heterocycles. The van der Waals surface area contributed by atoms with Crippen molar-refractivity contribution in [3.63, 3.8) is 0 Å². The molecule has 0 radical (unpaired) electrons. The van der Waals surface area contributed by atoms with Crippen molar-refractivity contribution < 1.29 is 4.79 Å². The van der Waals surface area contributed by atoms with Gasteiger partial charge < -0.3 is 9.80 Å². The number of Topliss-reactive ketones (excluding diaryl/α,β-unsaturated/α-hetero) is 1. The number of carbonyl (C=O) groups excluding carboxylic acids is 1. The number of ketones is 1. The Balaban J connectivity index is 1.16. The number of aromatic nitrogens is 3. The zero-order valence-electron chi connectivity index (χ0n) is 21.9. The summed E-state index contributed by atoms with van der Waals surface area (Å²) in [4.78, 5) is 23.3. The second kappa shape index (κ2) is 11.9. The monoisotopic (exact) mass is 479 g/mol. The number of hydrogen-bond acceptors (Lipinski definition) is 5. The highest BCUT2D eigenvalue weighted by Gasteiger charge is 2.26. The van der Waals surface area contributed by atoms with Gasteiger partial charge in [0, 0.05) is 26.6 Å². The van der Waals surface area contributed by atoms with Gasteiger partial charge in [-0.15, -0.1) is 0 Å². The molecule has 5 rings (SSSR count). The fraction of sp³-hybridized carbons (Fsp3) is 0.759. The summed E-state index contributed by atoms with van der Waals surface area (Å²) in [5.41, 5.74) is 1.46. The van der Waals surface area contributed by atoms with E-state index in [2.05, 4.69) is 27.0 Å². The summed E-state index contributed by atoms with van der Waals surface area (Å²) in [6.07, 6.45) is 17.9. The molecule has 0 amide bonds. The summed E-state index contributed by atoms with van der Waals surface area (Å²) in [6, 6.07) is 4.19. The van der Waals surface area contributed by atoms with E-state index in [-0.39, 0.29) is 5.78 Å². The maximum absolute atomic E-state index is 13.3. The van der Waals surface area contributed by atoms with Gasteiger partial charge in [-0.05, 0) is 75.7 Å². The molecule has 0 unspecified atom stereocenters. The average molecular weight is 480 g/mol. The summed E-state index contributed by atoms with van der Waals surface area (Å²) < 4.78 is 1.81. The Morgan fingerprint density at radius 1 is 0.857 bits per heavy atom. The first-order valence-electron chi connectivity index (χ1n) is 14.5. The minimum absolute atomic E-state index is 0.192. The second-order valence-electron chi connectivity index (χ2n) is 11.5. The van der Waals surface area contributed by atoms with Crippen LogP contribution in [-0.4, -0.2) is 58.2 Å². The summed E-state index contributed by atoms with van der Waals surface area (Å²) in [5, 5.41) is 5.56. The molecule has 2 aromatic rings. The quantitative estimate of drug-likeness (QED) is 0.456. The van der Waals surface area contributed by atoms with Gasteiger partial charge in [0.1, 0.15) is 11.5 Å². The molecule has 192 valence electrons. The highest BCUT2D eigenvalue weighted by atomic mass is 16.1. The van der Waals surface area contributed by atoms with E-state index < -0.39 is 0 Å². The van der Waals surface area contributed by atoms with Crippen LogP contribution < -0.4 is 4.90 Å². The number of nitrogens with zero attached hydrogens (tertiary/aromatic N) is 5. The number of anilines is 1. The number of hydrogen-bond donors (Lipinski definition) is 0. The molecule has 6 heteroatoms. The molecule has 2 saturated heterocycles. The van der Waals surface area contributed by atoms with Gasteiger partial charge in [0.2, 0.25) is 0 Å². The fourth-order valence-corrected chi connectivity index (χ4v) is 6.59. The van der Waals surface area contributed by atoms with Crippen molar-refractivity contribution in [1.82, 2.24) is 19.7 Å². The Labute approximate surface area is 211 Å². The largest absolute Gasteiger partial charge is 0.357 e. The highest BCUT2D eigenvalue weighted by Crippen LogP contribution is 2.29. The molecule has 0 N–H and O–H groups in total. The topological polar surface area (TPSA) is 54.3 Å². The minimum Gasteiger partial charge on any atom is -0.357 e. The Bertz CT molecular complexity index is 963. The van der Waals surface area contributed by atoms with Gasteiger partial charge >= 0.3 is 0 Å². The van der Waals surface area contributed by atoms with Crippen LogP contribution in [-0.2, 0) is 7.05 Å². The van der Waals surface area contributed by atoms with E-state index in [1.165, 1.54) is 77.2 Å². The van der Waals surface area contributed by atoms with Crippen LogP contribution in [0, 0.1) is 11.8 Å². The van der Waals surface area contributed by atoms with E-state index in [0.717, 1.165) is 61.8 Å². The van der Waals surface area contributed by atoms with Crippen LogP contribution in [0.4, 0.5) is 5.82 Å². The molecule has 6 nitrogen and oxygen atoms in total. The van der Waals surface area contributed by atoms with Crippen molar-refractivity contribution in [1.29, 1.82) is 0 Å². The third-order valence-electron chi connectivity index (χ3n) is 8.88. The van der Waals surface area contributed by atoms with Crippen LogP contribution in [0.1, 0.15) is 100 Å². The molecule has 0 aromatic carbocycles. The molecule has 4 heterocycles. The standard InChI is InChI=1S/C29H45N5O/c1-32-29-25(12-13-27(30-29)34-17-8-3-2-4-9-18-34)28(31-32)26(35)22-24-15-20-33(21-16-24)19-14-23-10-6-5-7-11-23/h12-13,23-24H,2-11,14-22H2,1H3. The van der Waals surface area contributed by atoms with E-state index in [1.807, 2.05) is 11.7 Å². The van der Waals surface area contributed by atoms with Crippen molar-refractivity contribution in [3.05, 3.63) is 17.8 Å². The predicted octanol–water partition coefficient (Wildman–Crippen LogP) is 5.99. The SMILES string of the molecule is Cn1nc(C(=O)CC2CCN(CCC3CCCCC3)CC2)c2ccc(N3CCCCCCC3)nc21. The van der Waals surface area contributed by atoms with Crippen molar-refractivity contribution >= 4 is 22.6 Å². The normalized spacial score (nSPS) is 21.8. The molecule has 0 bridgehead atoms. The summed E-state index contributed by atoms with van der Waals surface area (Å²) in [5.74, 6) is 2.66. The van der Waals surface area contributed by atoms with Gasteiger partial charge in [0.05, 0.1) is 5.39 Å². The van der Waals surface area contributed by atoms with Crippen LogP contribution in [0.2, 0.25) is 0 Å². The molecule has 3 fully saturated rings. The molecule has 0 atom stereocenters. The summed E-state index contributed by atoms with van der Waals surface area (Å²) >= 11 is 0. The van der Waals surface area contributed by atoms with Crippen LogP contribution in [0.15, 0.2) is 12.1 Å². The molecule has 1 saturated carbocycles. The van der Waals surface area contributed by atoms with E-state index in [1.54, 1.807) is 0 Å². The number of pyridine rings is 1. The highest BCUT2D eigenvalue weighted by molar-refractivity contribution is 6.05. The summed E-state index contributed by atoms with van der Waals surface area (Å²) in [7, 11) is 1.92. The van der Waals surface area contributed by atoms with Gasteiger partial charge in [-0.3, -0.25) is 4.79 Å². The molecule has 2 aromatic heterocycles. The first-order valence-corrected chi connectivity index (χ1v) is 14.5. The lowest BCUT2D eigenvalue weighted by atomic mass is 9.86. The lowest BCUT2D eigenvalue weighted by Gasteiger charge is -2.33. The lowest BCUT2D eigenvalue weighted by Crippen LogP contribution is -2.35. The van der Waals surface area contributed by atoms with Crippen LogP contribution in [0.25, 0.3) is 11.0 Å². The first-order chi connectivity index (χ1) is 17.2. The van der Waals surface area contributed by atoms with E-state index >= 15 is 0 Å². The smallest absolute Gasteiger partial charge is 0.184 e. The van der Waals surface area contributed by atoms with Crippen molar-refractivity contribution in [2.75, 3.05) is 37.6 Å². The Morgan fingerprint density at radius 3 is 2.29 bits per heavy atom. The minimum atomic E-state index is 0.192. The maximum Gasteiger partial charge on any atom is 0.184 e. The molecule has 1 aliphatic carbocycles. The fourth-order valence-electron chi connectivity index (χ4n) is 6.59. The van der Waals surface area contributed by atoms with Gasteiger partial charge in [-0.2, -0.15) is 5.10 Å².